The van der Waals surface area contributed by atoms with Gasteiger partial charge in [-0.2, -0.15) is 0 Å². The van der Waals surface area contributed by atoms with Crippen molar-refractivity contribution in [1.29, 1.82) is 0 Å². The van der Waals surface area contributed by atoms with Gasteiger partial charge >= 0.3 is 5.97 Å². The second kappa shape index (κ2) is 21.9. The standard InChI is InChI=1S/C52H45IO9/c1-56-52(57-2)46(42-29-28-41(58-32-36-18-8-3-9-19-36)30-43(42)59-33-37-20-10-4-11-21-37)49(54)47-44(62-51(55)40-26-16-7-17-27-40)31-45(60-34-38-22-12-5-13-23-38)48(53)50(47)61-35-39-24-14-6-15-25-39/h3-31,46,52H,32-35H2,1-2H3. The predicted octanol–water partition coefficient (Wildman–Crippen LogP) is 11.4. The number of hydrogen-bond acceptors (Lipinski definition) is 9. The number of halogens is 1. The molecule has 1 unspecified atom stereocenters. The van der Waals surface area contributed by atoms with E-state index in [0.717, 1.165) is 22.3 Å². The fourth-order valence-electron chi connectivity index (χ4n) is 6.74. The van der Waals surface area contributed by atoms with E-state index in [-0.39, 0.29) is 42.4 Å². The van der Waals surface area contributed by atoms with Gasteiger partial charge in [0.05, 0.1) is 9.13 Å². The zero-order valence-electron chi connectivity index (χ0n) is 34.3. The van der Waals surface area contributed by atoms with Crippen LogP contribution in [0.5, 0.6) is 28.7 Å². The van der Waals surface area contributed by atoms with Gasteiger partial charge in [0.15, 0.2) is 17.8 Å². The molecule has 62 heavy (non-hydrogen) atoms. The molecule has 0 radical (unpaired) electrons. The second-order valence-electron chi connectivity index (χ2n) is 14.1. The number of Topliss-reactive ketones (excluding diaryl/α,β-unsaturated/α-hetero) is 1. The lowest BCUT2D eigenvalue weighted by Gasteiger charge is -2.28. The lowest BCUT2D eigenvalue weighted by molar-refractivity contribution is -0.110. The number of ether oxygens (including phenoxy) is 7. The Bertz CT molecular complexity index is 2520. The number of carbonyl (C=O) groups is 2. The minimum Gasteiger partial charge on any atom is -0.489 e. The summed E-state index contributed by atoms with van der Waals surface area (Å²) in [5.74, 6) is -1.05. The smallest absolute Gasteiger partial charge is 0.343 e. The summed E-state index contributed by atoms with van der Waals surface area (Å²) in [5, 5.41) is 0. The number of ketones is 1. The molecule has 0 aliphatic rings. The Morgan fingerprint density at radius 3 is 1.45 bits per heavy atom. The van der Waals surface area contributed by atoms with Crippen LogP contribution in [0.25, 0.3) is 0 Å². The molecule has 0 aromatic heterocycles. The first-order valence-electron chi connectivity index (χ1n) is 20.0. The van der Waals surface area contributed by atoms with Crippen molar-refractivity contribution in [3.05, 3.63) is 218 Å². The number of methoxy groups -OCH3 is 2. The molecule has 0 saturated heterocycles. The van der Waals surface area contributed by atoms with Crippen molar-refractivity contribution in [3.63, 3.8) is 0 Å². The van der Waals surface area contributed by atoms with E-state index in [1.54, 1.807) is 54.6 Å². The third-order valence-corrected chi connectivity index (χ3v) is 10.9. The fourth-order valence-corrected chi connectivity index (χ4v) is 7.48. The highest BCUT2D eigenvalue weighted by Crippen LogP contribution is 2.46. The molecular weight excluding hydrogens is 895 g/mol. The van der Waals surface area contributed by atoms with Crippen LogP contribution in [-0.2, 0) is 35.9 Å². The van der Waals surface area contributed by atoms with Crippen molar-refractivity contribution in [1.82, 2.24) is 0 Å². The second-order valence-corrected chi connectivity index (χ2v) is 15.2. The summed E-state index contributed by atoms with van der Waals surface area (Å²) in [6, 6.07) is 54.2. The molecule has 7 rings (SSSR count). The summed E-state index contributed by atoms with van der Waals surface area (Å²) < 4.78 is 44.3. The van der Waals surface area contributed by atoms with Crippen molar-refractivity contribution in [2.24, 2.45) is 0 Å². The van der Waals surface area contributed by atoms with Crippen molar-refractivity contribution >= 4 is 34.3 Å². The molecular formula is C52H45IO9. The van der Waals surface area contributed by atoms with Crippen molar-refractivity contribution in [3.8, 4) is 28.7 Å². The van der Waals surface area contributed by atoms with E-state index in [2.05, 4.69) is 22.6 Å². The molecule has 7 aromatic carbocycles. The molecule has 9 nitrogen and oxygen atoms in total. The first kappa shape index (κ1) is 43.6. The third kappa shape index (κ3) is 11.3. The monoisotopic (exact) mass is 940 g/mol. The lowest BCUT2D eigenvalue weighted by atomic mass is 9.88. The maximum atomic E-state index is 15.8. The molecule has 0 amide bonds. The van der Waals surface area contributed by atoms with E-state index < -0.39 is 24.0 Å². The number of carbonyl (C=O) groups excluding carboxylic acids is 2. The molecule has 0 saturated carbocycles. The molecule has 0 heterocycles. The SMILES string of the molecule is COC(OC)C(C(=O)c1c(OC(=O)c2ccccc2)cc(OCc2ccccc2)c(I)c1OCc1ccccc1)c1ccc(OCc2ccccc2)cc1OCc1ccccc1. The fraction of sp³-hybridized carbons (Fsp3) is 0.154. The molecule has 7 aromatic rings. The summed E-state index contributed by atoms with van der Waals surface area (Å²) in [6.45, 7) is 0.799. The van der Waals surface area contributed by atoms with Gasteiger partial charge in [-0.15, -0.1) is 0 Å². The minimum absolute atomic E-state index is 0.0100. The molecule has 0 N–H and O–H groups in total. The average Bonchev–Trinajstić information content (AvgIpc) is 3.33. The maximum Gasteiger partial charge on any atom is 0.343 e. The van der Waals surface area contributed by atoms with Crippen LogP contribution in [-0.4, -0.2) is 32.3 Å². The Hall–Kier alpha value is -6.47. The van der Waals surface area contributed by atoms with Gasteiger partial charge in [0.25, 0.3) is 0 Å². The number of benzene rings is 7. The Kier molecular flexibility index (Phi) is 15.4. The van der Waals surface area contributed by atoms with Crippen LogP contribution in [0, 0.1) is 3.57 Å². The van der Waals surface area contributed by atoms with Gasteiger partial charge in [-0.1, -0.05) is 146 Å². The summed E-state index contributed by atoms with van der Waals surface area (Å²) in [5.41, 5.74) is 4.39. The molecule has 1 atom stereocenters. The van der Waals surface area contributed by atoms with Crippen LogP contribution in [0.1, 0.15) is 54.5 Å². The van der Waals surface area contributed by atoms with E-state index in [4.69, 9.17) is 33.2 Å². The van der Waals surface area contributed by atoms with E-state index in [9.17, 15) is 4.79 Å². The van der Waals surface area contributed by atoms with E-state index in [1.807, 2.05) is 121 Å². The summed E-state index contributed by atoms with van der Waals surface area (Å²) >= 11 is 2.12. The largest absolute Gasteiger partial charge is 0.489 e. The van der Waals surface area contributed by atoms with Crippen molar-refractivity contribution in [2.45, 2.75) is 38.6 Å². The van der Waals surface area contributed by atoms with Gasteiger partial charge in [-0.05, 0) is 63.0 Å². The molecule has 0 aliphatic carbocycles. The molecule has 0 spiro atoms. The molecule has 0 bridgehead atoms. The highest BCUT2D eigenvalue weighted by molar-refractivity contribution is 14.1. The third-order valence-electron chi connectivity index (χ3n) is 9.90. The predicted molar refractivity (Wildman–Crippen MR) is 245 cm³/mol. The van der Waals surface area contributed by atoms with Crippen LogP contribution >= 0.6 is 22.6 Å². The Labute approximate surface area is 375 Å². The van der Waals surface area contributed by atoms with Gasteiger partial charge in [0, 0.05) is 31.9 Å². The van der Waals surface area contributed by atoms with Gasteiger partial charge in [0.2, 0.25) is 0 Å². The van der Waals surface area contributed by atoms with Gasteiger partial charge < -0.3 is 33.2 Å². The topological polar surface area (TPSA) is 98.8 Å². The van der Waals surface area contributed by atoms with Crippen molar-refractivity contribution in [2.75, 3.05) is 14.2 Å². The van der Waals surface area contributed by atoms with E-state index in [1.165, 1.54) is 14.2 Å². The maximum absolute atomic E-state index is 15.8. The van der Waals surface area contributed by atoms with Gasteiger partial charge in [-0.3, -0.25) is 4.79 Å². The molecule has 10 heteroatoms. The van der Waals surface area contributed by atoms with E-state index in [0.29, 0.717) is 33.0 Å². The van der Waals surface area contributed by atoms with Crippen LogP contribution in [0.15, 0.2) is 176 Å². The Morgan fingerprint density at radius 1 is 0.500 bits per heavy atom. The van der Waals surface area contributed by atoms with Gasteiger partial charge in [-0.25, -0.2) is 4.79 Å². The first-order chi connectivity index (χ1) is 30.4. The number of rotatable bonds is 20. The van der Waals surface area contributed by atoms with Crippen molar-refractivity contribution < 1.29 is 42.7 Å². The molecule has 0 aliphatic heterocycles. The first-order valence-corrected chi connectivity index (χ1v) is 21.0. The summed E-state index contributed by atoms with van der Waals surface area (Å²) in [4.78, 5) is 29.7. The van der Waals surface area contributed by atoms with Crippen LogP contribution in [0.4, 0.5) is 0 Å². The van der Waals surface area contributed by atoms with Gasteiger partial charge in [0.1, 0.15) is 60.9 Å². The average molecular weight is 941 g/mol. The molecule has 314 valence electrons. The highest BCUT2D eigenvalue weighted by Gasteiger charge is 2.39. The minimum atomic E-state index is -1.18. The van der Waals surface area contributed by atoms with E-state index >= 15 is 4.79 Å². The zero-order valence-corrected chi connectivity index (χ0v) is 36.4. The Balaban J connectivity index is 1.37. The quantitative estimate of drug-likeness (QED) is 0.0243. The summed E-state index contributed by atoms with van der Waals surface area (Å²) in [6.07, 6.45) is -1.14. The summed E-state index contributed by atoms with van der Waals surface area (Å²) in [7, 11) is 2.92. The number of esters is 1. The van der Waals surface area contributed by atoms with Crippen LogP contribution < -0.4 is 23.7 Å². The Morgan fingerprint density at radius 2 is 0.952 bits per heavy atom. The normalized spacial score (nSPS) is 11.4. The lowest BCUT2D eigenvalue weighted by Crippen LogP contribution is -2.31. The van der Waals surface area contributed by atoms with Crippen LogP contribution in [0.2, 0.25) is 0 Å². The highest BCUT2D eigenvalue weighted by atomic mass is 127. The molecule has 0 fully saturated rings. The number of hydrogen-bond donors (Lipinski definition) is 0. The van der Waals surface area contributed by atoms with Crippen LogP contribution in [0.3, 0.4) is 0 Å². The zero-order chi connectivity index (χ0) is 43.1.